The highest BCUT2D eigenvalue weighted by Gasteiger charge is 2.08. The van der Waals surface area contributed by atoms with Gasteiger partial charge in [0, 0.05) is 4.90 Å². The molecule has 0 aliphatic carbocycles. The Hall–Kier alpha value is -2.00. The van der Waals surface area contributed by atoms with E-state index in [0.717, 1.165) is 11.1 Å². The molecule has 0 amide bonds. The fourth-order valence-electron chi connectivity index (χ4n) is 1.64. The number of rotatable bonds is 4. The standard InChI is InChI=1S/C17H15FOS/c1-14-10-12-16(13-11-14)20(19)17(18)9-5-8-15-6-3-2-4-7-15/h2-13H,1H3/b8-5+,17-9-/t20-/m0/s1. The third kappa shape index (κ3) is 4.00. The lowest BCUT2D eigenvalue weighted by Gasteiger charge is -1.99. The number of allylic oxidation sites excluding steroid dienone is 2. The summed E-state index contributed by atoms with van der Waals surface area (Å²) in [7, 11) is -1.75. The molecular weight excluding hydrogens is 271 g/mol. The number of aryl methyl sites for hydroxylation is 1. The Morgan fingerprint density at radius 2 is 1.70 bits per heavy atom. The Labute approximate surface area is 120 Å². The van der Waals surface area contributed by atoms with Crippen molar-refractivity contribution in [2.24, 2.45) is 0 Å². The molecule has 0 spiro atoms. The maximum atomic E-state index is 13.8. The summed E-state index contributed by atoms with van der Waals surface area (Å²) in [6, 6.07) is 16.6. The van der Waals surface area contributed by atoms with Crippen LogP contribution in [0.4, 0.5) is 4.39 Å². The summed E-state index contributed by atoms with van der Waals surface area (Å²) in [5, 5.41) is -0.652. The van der Waals surface area contributed by atoms with Gasteiger partial charge in [-0.2, -0.15) is 4.39 Å². The SMILES string of the molecule is Cc1ccc([S@](=O)/C(F)=C\C=C\c2ccccc2)cc1. The van der Waals surface area contributed by atoms with E-state index in [1.54, 1.807) is 24.3 Å². The van der Waals surface area contributed by atoms with E-state index < -0.39 is 16.0 Å². The van der Waals surface area contributed by atoms with Crippen LogP contribution in [0.2, 0.25) is 0 Å². The van der Waals surface area contributed by atoms with Crippen LogP contribution in [0, 0.1) is 6.92 Å². The van der Waals surface area contributed by atoms with E-state index in [0.29, 0.717) is 4.90 Å². The average molecular weight is 286 g/mol. The first-order valence-electron chi connectivity index (χ1n) is 6.24. The lowest BCUT2D eigenvalue weighted by molar-refractivity contribution is 0.650. The summed E-state index contributed by atoms with van der Waals surface area (Å²) in [5.74, 6) is 0. The van der Waals surface area contributed by atoms with E-state index in [2.05, 4.69) is 0 Å². The van der Waals surface area contributed by atoms with Gasteiger partial charge in [-0.1, -0.05) is 60.2 Å². The van der Waals surface area contributed by atoms with Crippen LogP contribution in [0.5, 0.6) is 0 Å². The molecule has 0 saturated carbocycles. The predicted molar refractivity (Wildman–Crippen MR) is 82.3 cm³/mol. The van der Waals surface area contributed by atoms with Crippen molar-refractivity contribution in [2.45, 2.75) is 11.8 Å². The molecule has 0 bridgehead atoms. The molecule has 0 aliphatic heterocycles. The van der Waals surface area contributed by atoms with Gasteiger partial charge >= 0.3 is 0 Å². The molecule has 2 aromatic rings. The van der Waals surface area contributed by atoms with Crippen molar-refractivity contribution in [3.8, 4) is 0 Å². The zero-order chi connectivity index (χ0) is 14.4. The summed E-state index contributed by atoms with van der Waals surface area (Å²) in [6.45, 7) is 1.93. The van der Waals surface area contributed by atoms with Crippen LogP contribution in [0.3, 0.4) is 0 Å². The van der Waals surface area contributed by atoms with E-state index in [9.17, 15) is 8.60 Å². The van der Waals surface area contributed by atoms with Crippen molar-refractivity contribution in [1.82, 2.24) is 0 Å². The smallest absolute Gasteiger partial charge is 0.191 e. The number of halogens is 1. The molecule has 102 valence electrons. The Bertz CT molecular complexity index is 642. The van der Waals surface area contributed by atoms with Crippen LogP contribution >= 0.6 is 0 Å². The molecule has 0 fully saturated rings. The van der Waals surface area contributed by atoms with Crippen molar-refractivity contribution < 1.29 is 8.60 Å². The van der Waals surface area contributed by atoms with Crippen molar-refractivity contribution in [3.05, 3.63) is 83.0 Å². The Morgan fingerprint density at radius 1 is 1.05 bits per heavy atom. The van der Waals surface area contributed by atoms with Crippen molar-refractivity contribution >= 4 is 16.9 Å². The van der Waals surface area contributed by atoms with E-state index in [1.807, 2.05) is 49.4 Å². The van der Waals surface area contributed by atoms with Gasteiger partial charge in [-0.05, 0) is 30.7 Å². The van der Waals surface area contributed by atoms with Gasteiger partial charge < -0.3 is 0 Å². The van der Waals surface area contributed by atoms with E-state index in [1.165, 1.54) is 6.08 Å². The van der Waals surface area contributed by atoms with E-state index in [4.69, 9.17) is 0 Å². The minimum atomic E-state index is -1.75. The highest BCUT2D eigenvalue weighted by Crippen LogP contribution is 2.16. The second kappa shape index (κ2) is 6.96. The number of benzene rings is 2. The third-order valence-corrected chi connectivity index (χ3v) is 3.92. The third-order valence-electron chi connectivity index (χ3n) is 2.73. The fourth-order valence-corrected chi connectivity index (χ4v) is 2.45. The van der Waals surface area contributed by atoms with Gasteiger partial charge in [0.15, 0.2) is 5.16 Å². The van der Waals surface area contributed by atoms with Crippen LogP contribution in [-0.2, 0) is 10.8 Å². The normalized spacial score (nSPS) is 13.6. The van der Waals surface area contributed by atoms with Crippen molar-refractivity contribution in [1.29, 1.82) is 0 Å². The van der Waals surface area contributed by atoms with Crippen molar-refractivity contribution in [2.75, 3.05) is 0 Å². The first-order valence-corrected chi connectivity index (χ1v) is 7.39. The largest absolute Gasteiger partial charge is 0.247 e. The first kappa shape index (κ1) is 14.4. The van der Waals surface area contributed by atoms with Gasteiger partial charge in [-0.3, -0.25) is 0 Å². The minimum absolute atomic E-state index is 0.470. The minimum Gasteiger partial charge on any atom is -0.247 e. The summed E-state index contributed by atoms with van der Waals surface area (Å²) >= 11 is 0. The zero-order valence-corrected chi connectivity index (χ0v) is 11.9. The summed E-state index contributed by atoms with van der Waals surface area (Å²) in [6.07, 6.45) is 4.58. The van der Waals surface area contributed by atoms with Gasteiger partial charge in [0.2, 0.25) is 0 Å². The van der Waals surface area contributed by atoms with Crippen LogP contribution < -0.4 is 0 Å². The van der Waals surface area contributed by atoms with Crippen LogP contribution in [-0.4, -0.2) is 4.21 Å². The van der Waals surface area contributed by atoms with Gasteiger partial charge in [0.25, 0.3) is 0 Å². The molecule has 2 rings (SSSR count). The molecule has 0 saturated heterocycles. The molecule has 20 heavy (non-hydrogen) atoms. The number of hydrogen-bond donors (Lipinski definition) is 0. The second-order valence-electron chi connectivity index (χ2n) is 4.32. The molecule has 3 heteroatoms. The van der Waals surface area contributed by atoms with Crippen LogP contribution in [0.25, 0.3) is 6.08 Å². The molecule has 0 aromatic heterocycles. The summed E-state index contributed by atoms with van der Waals surface area (Å²) in [4.78, 5) is 0.470. The van der Waals surface area contributed by atoms with Gasteiger partial charge in [0.05, 0.1) is 0 Å². The molecule has 1 nitrogen and oxygen atoms in total. The van der Waals surface area contributed by atoms with Gasteiger partial charge in [-0.25, -0.2) is 4.21 Å². The van der Waals surface area contributed by atoms with Crippen molar-refractivity contribution in [3.63, 3.8) is 0 Å². The van der Waals surface area contributed by atoms with E-state index in [-0.39, 0.29) is 0 Å². The molecule has 0 N–H and O–H groups in total. The fraction of sp³-hybridized carbons (Fsp3) is 0.0588. The molecule has 2 aromatic carbocycles. The highest BCUT2D eigenvalue weighted by atomic mass is 32.2. The lowest BCUT2D eigenvalue weighted by atomic mass is 10.2. The topological polar surface area (TPSA) is 17.1 Å². The maximum absolute atomic E-state index is 13.8. The molecule has 0 unspecified atom stereocenters. The predicted octanol–water partition coefficient (Wildman–Crippen LogP) is 4.63. The van der Waals surface area contributed by atoms with E-state index >= 15 is 0 Å². The molecule has 0 aliphatic rings. The molecular formula is C17H15FOS. The Kier molecular flexibility index (Phi) is 5.02. The van der Waals surface area contributed by atoms with Gasteiger partial charge in [-0.15, -0.1) is 0 Å². The highest BCUT2D eigenvalue weighted by molar-refractivity contribution is 7.88. The van der Waals surface area contributed by atoms with Gasteiger partial charge in [0.1, 0.15) is 10.8 Å². The summed E-state index contributed by atoms with van der Waals surface area (Å²) < 4.78 is 25.7. The zero-order valence-electron chi connectivity index (χ0n) is 11.1. The quantitative estimate of drug-likeness (QED) is 0.749. The Balaban J connectivity index is 2.08. The first-order chi connectivity index (χ1) is 9.66. The van der Waals surface area contributed by atoms with Crippen LogP contribution in [0.15, 0.2) is 76.8 Å². The average Bonchev–Trinajstić information content (AvgIpc) is 2.48. The summed E-state index contributed by atoms with van der Waals surface area (Å²) in [5.41, 5.74) is 2.02. The number of hydrogen-bond acceptors (Lipinski definition) is 1. The second-order valence-corrected chi connectivity index (χ2v) is 5.72. The Morgan fingerprint density at radius 3 is 2.35 bits per heavy atom. The lowest BCUT2D eigenvalue weighted by Crippen LogP contribution is -1.91. The maximum Gasteiger partial charge on any atom is 0.191 e. The monoisotopic (exact) mass is 286 g/mol. The molecule has 0 radical (unpaired) electrons. The molecule has 1 atom stereocenters. The molecule has 0 heterocycles. The van der Waals surface area contributed by atoms with Crippen LogP contribution in [0.1, 0.15) is 11.1 Å².